The molecule has 3 heterocycles. The lowest BCUT2D eigenvalue weighted by Gasteiger charge is -2.20. The van der Waals surface area contributed by atoms with Crippen LogP contribution < -0.4 is 20.3 Å². The number of anilines is 1. The molecule has 1 unspecified atom stereocenters. The molecule has 0 radical (unpaired) electrons. The lowest BCUT2D eigenvalue weighted by atomic mass is 10.3. The van der Waals surface area contributed by atoms with E-state index < -0.39 is 11.7 Å². The molecule has 2 N–H and O–H groups in total. The molecule has 0 amide bonds. The molecule has 0 aliphatic carbocycles. The summed E-state index contributed by atoms with van der Waals surface area (Å²) < 4.78 is 56.8. The molecule has 3 rings (SSSR count). The summed E-state index contributed by atoms with van der Waals surface area (Å²) in [7, 11) is 1.62. The summed E-state index contributed by atoms with van der Waals surface area (Å²) >= 11 is 0. The maximum absolute atomic E-state index is 13.9. The molecule has 1 aliphatic heterocycles. The Hall–Kier alpha value is -3.11. The van der Waals surface area contributed by atoms with Crippen molar-refractivity contribution in [2.75, 3.05) is 38.2 Å². The summed E-state index contributed by atoms with van der Waals surface area (Å²) in [6.07, 6.45) is -1.34. The maximum Gasteiger partial charge on any atom is 0.417 e. The Kier molecular flexibility index (Phi) is 6.91. The fourth-order valence-corrected chi connectivity index (χ4v) is 3.03. The predicted molar refractivity (Wildman–Crippen MR) is 104 cm³/mol. The van der Waals surface area contributed by atoms with Gasteiger partial charge in [-0.25, -0.2) is 14.4 Å². The van der Waals surface area contributed by atoms with Crippen molar-refractivity contribution in [1.29, 1.82) is 0 Å². The number of alkyl halides is 3. The number of pyridine rings is 2. The topological polar surface area (TPSA) is 74.7 Å². The van der Waals surface area contributed by atoms with Crippen LogP contribution in [0.3, 0.4) is 0 Å². The third kappa shape index (κ3) is 5.71. The van der Waals surface area contributed by atoms with E-state index in [4.69, 9.17) is 4.74 Å². The van der Waals surface area contributed by atoms with Gasteiger partial charge in [0, 0.05) is 44.6 Å². The van der Waals surface area contributed by atoms with Crippen molar-refractivity contribution in [2.45, 2.75) is 18.6 Å². The Bertz CT molecular complexity index is 859. The highest BCUT2D eigenvalue weighted by Crippen LogP contribution is 2.29. The number of ether oxygens (including phenoxy) is 1. The number of rotatable bonds is 6. The quantitative estimate of drug-likeness (QED) is 0.320. The summed E-state index contributed by atoms with van der Waals surface area (Å²) in [4.78, 5) is 13.8. The minimum atomic E-state index is -4.43. The van der Waals surface area contributed by atoms with E-state index in [1.165, 1.54) is 12.1 Å². The molecule has 0 aromatic carbocycles. The molecule has 2 aromatic rings. The Morgan fingerprint density at radius 2 is 2.13 bits per heavy atom. The van der Waals surface area contributed by atoms with E-state index in [2.05, 4.69) is 25.6 Å². The van der Waals surface area contributed by atoms with Crippen molar-refractivity contribution in [2.24, 2.45) is 4.99 Å². The van der Waals surface area contributed by atoms with Gasteiger partial charge in [-0.1, -0.05) is 0 Å². The molecule has 30 heavy (non-hydrogen) atoms. The van der Waals surface area contributed by atoms with E-state index in [-0.39, 0.29) is 24.3 Å². The van der Waals surface area contributed by atoms with Crippen LogP contribution in [0.1, 0.15) is 12.0 Å². The number of nitrogens with one attached hydrogen (secondary N) is 2. The summed E-state index contributed by atoms with van der Waals surface area (Å²) in [6, 6.07) is 5.11. The van der Waals surface area contributed by atoms with Crippen LogP contribution in [0.4, 0.5) is 23.4 Å². The van der Waals surface area contributed by atoms with Crippen LogP contribution in [0.2, 0.25) is 0 Å². The van der Waals surface area contributed by atoms with Gasteiger partial charge in [0.1, 0.15) is 6.61 Å². The Labute approximate surface area is 171 Å². The van der Waals surface area contributed by atoms with Gasteiger partial charge in [0.25, 0.3) is 0 Å². The zero-order chi connectivity index (χ0) is 21.6. The van der Waals surface area contributed by atoms with Gasteiger partial charge in [0.15, 0.2) is 17.6 Å². The Morgan fingerprint density at radius 3 is 2.80 bits per heavy atom. The van der Waals surface area contributed by atoms with Crippen LogP contribution in [0, 0.1) is 5.82 Å². The molecule has 0 spiro atoms. The number of hydrogen-bond donors (Lipinski definition) is 2. The number of nitrogens with zero attached hydrogens (tertiary/aromatic N) is 4. The first-order valence-corrected chi connectivity index (χ1v) is 9.35. The van der Waals surface area contributed by atoms with E-state index >= 15 is 0 Å². The predicted octanol–water partition coefficient (Wildman–Crippen LogP) is 2.46. The van der Waals surface area contributed by atoms with Crippen LogP contribution >= 0.6 is 0 Å². The third-order valence-corrected chi connectivity index (χ3v) is 4.50. The third-order valence-electron chi connectivity index (χ3n) is 4.50. The van der Waals surface area contributed by atoms with Gasteiger partial charge in [-0.15, -0.1) is 0 Å². The van der Waals surface area contributed by atoms with Gasteiger partial charge in [-0.3, -0.25) is 4.99 Å². The summed E-state index contributed by atoms with van der Waals surface area (Å²) in [5.41, 5.74) is -0.825. The van der Waals surface area contributed by atoms with Gasteiger partial charge < -0.3 is 20.3 Å². The van der Waals surface area contributed by atoms with Crippen LogP contribution in [0.5, 0.6) is 5.88 Å². The maximum atomic E-state index is 13.9. The number of aromatic nitrogens is 2. The normalized spacial score (nSPS) is 17.2. The largest absolute Gasteiger partial charge is 0.476 e. The molecule has 0 bridgehead atoms. The lowest BCUT2D eigenvalue weighted by molar-refractivity contribution is -0.137. The Balaban J connectivity index is 1.41. The SMILES string of the molecule is CN=C(NCCOc1ccc(C(F)(F)F)cn1)NC1CCN(c2ncccc2F)C1. The minimum Gasteiger partial charge on any atom is -0.476 e. The fourth-order valence-electron chi connectivity index (χ4n) is 3.03. The van der Waals surface area contributed by atoms with E-state index in [0.717, 1.165) is 18.7 Å². The first-order chi connectivity index (χ1) is 14.4. The highest BCUT2D eigenvalue weighted by molar-refractivity contribution is 5.80. The average molecular weight is 426 g/mol. The van der Waals surface area contributed by atoms with Crippen molar-refractivity contribution in [3.8, 4) is 5.88 Å². The summed E-state index contributed by atoms with van der Waals surface area (Å²) in [5, 5.41) is 6.32. The highest BCUT2D eigenvalue weighted by atomic mass is 19.4. The molecule has 2 aromatic heterocycles. The van der Waals surface area contributed by atoms with E-state index in [9.17, 15) is 17.6 Å². The molecule has 162 valence electrons. The molecule has 1 fully saturated rings. The molecule has 1 saturated heterocycles. The highest BCUT2D eigenvalue weighted by Gasteiger charge is 2.30. The number of guanidine groups is 1. The molecule has 1 aliphatic rings. The van der Waals surface area contributed by atoms with Crippen molar-refractivity contribution in [3.63, 3.8) is 0 Å². The molecule has 0 saturated carbocycles. The fraction of sp³-hybridized carbons (Fsp3) is 0.421. The number of hydrogen-bond acceptors (Lipinski definition) is 5. The zero-order valence-corrected chi connectivity index (χ0v) is 16.3. The second-order valence-corrected chi connectivity index (χ2v) is 6.62. The van der Waals surface area contributed by atoms with E-state index in [0.29, 0.717) is 31.4 Å². The first-order valence-electron chi connectivity index (χ1n) is 9.35. The molecular formula is C19H22F4N6O. The average Bonchev–Trinajstić information content (AvgIpc) is 3.18. The van der Waals surface area contributed by atoms with Gasteiger partial charge in [0.05, 0.1) is 12.1 Å². The van der Waals surface area contributed by atoms with Gasteiger partial charge in [-0.05, 0) is 24.6 Å². The molecular weight excluding hydrogens is 404 g/mol. The first kappa shape index (κ1) is 21.6. The second kappa shape index (κ2) is 9.59. The van der Waals surface area contributed by atoms with Crippen LogP contribution in [0.25, 0.3) is 0 Å². The smallest absolute Gasteiger partial charge is 0.417 e. The molecule has 11 heteroatoms. The van der Waals surface area contributed by atoms with E-state index in [1.54, 1.807) is 19.3 Å². The molecule has 7 nitrogen and oxygen atoms in total. The van der Waals surface area contributed by atoms with E-state index in [1.807, 2.05) is 4.90 Å². The number of aliphatic imine (C=N–C) groups is 1. The zero-order valence-electron chi connectivity index (χ0n) is 16.3. The van der Waals surface area contributed by atoms with Crippen LogP contribution in [0.15, 0.2) is 41.7 Å². The lowest BCUT2D eigenvalue weighted by Crippen LogP contribution is -2.45. The van der Waals surface area contributed by atoms with Gasteiger partial charge in [0.2, 0.25) is 5.88 Å². The standard InChI is InChI=1S/C19H22F4N6O/c1-24-18(26-8-10-30-16-5-4-13(11-27-16)19(21,22)23)28-14-6-9-29(12-14)17-15(20)3-2-7-25-17/h2-5,7,11,14H,6,8-10,12H2,1H3,(H2,24,26,28). The monoisotopic (exact) mass is 426 g/mol. The summed E-state index contributed by atoms with van der Waals surface area (Å²) in [6.45, 7) is 1.81. The van der Waals surface area contributed by atoms with Crippen LogP contribution in [-0.4, -0.2) is 55.3 Å². The van der Waals surface area contributed by atoms with Crippen molar-refractivity contribution < 1.29 is 22.3 Å². The minimum absolute atomic E-state index is 0.0649. The second-order valence-electron chi connectivity index (χ2n) is 6.62. The number of halogens is 4. The van der Waals surface area contributed by atoms with Crippen molar-refractivity contribution in [3.05, 3.63) is 48.0 Å². The van der Waals surface area contributed by atoms with Crippen LogP contribution in [-0.2, 0) is 6.18 Å². The van der Waals surface area contributed by atoms with Crippen molar-refractivity contribution in [1.82, 2.24) is 20.6 Å². The van der Waals surface area contributed by atoms with Crippen molar-refractivity contribution >= 4 is 11.8 Å². The summed E-state index contributed by atoms with van der Waals surface area (Å²) in [5.74, 6) is 0.640. The van der Waals surface area contributed by atoms with Gasteiger partial charge >= 0.3 is 6.18 Å². The van der Waals surface area contributed by atoms with Gasteiger partial charge in [-0.2, -0.15) is 13.2 Å². The Morgan fingerprint density at radius 1 is 1.30 bits per heavy atom. The molecule has 1 atom stereocenters.